The van der Waals surface area contributed by atoms with Crippen LogP contribution in [0.3, 0.4) is 0 Å². The summed E-state index contributed by atoms with van der Waals surface area (Å²) in [4.78, 5) is 19.0. The minimum atomic E-state index is -0.169. The number of guanidine groups is 1. The molecule has 8 nitrogen and oxygen atoms in total. The molecule has 1 saturated heterocycles. The second-order valence-electron chi connectivity index (χ2n) is 6.92. The van der Waals surface area contributed by atoms with E-state index in [2.05, 4.69) is 38.7 Å². The van der Waals surface area contributed by atoms with Crippen molar-refractivity contribution in [1.29, 1.82) is 0 Å². The second-order valence-corrected chi connectivity index (χ2v) is 6.92. The number of aromatic hydroxyl groups is 1. The van der Waals surface area contributed by atoms with Crippen molar-refractivity contribution < 1.29 is 9.90 Å². The second kappa shape index (κ2) is 9.25. The van der Waals surface area contributed by atoms with Gasteiger partial charge in [0.1, 0.15) is 5.75 Å². The van der Waals surface area contributed by atoms with Crippen molar-refractivity contribution in [3.63, 3.8) is 0 Å². The maximum atomic E-state index is 12.1. The van der Waals surface area contributed by atoms with Crippen molar-refractivity contribution >= 4 is 11.9 Å². The molecule has 1 aromatic carbocycles. The molecule has 1 unspecified atom stereocenters. The van der Waals surface area contributed by atoms with Crippen molar-refractivity contribution in [2.75, 3.05) is 32.7 Å². The highest BCUT2D eigenvalue weighted by atomic mass is 16.3. The summed E-state index contributed by atoms with van der Waals surface area (Å²) in [6.07, 6.45) is 5.10. The number of nitrogens with zero attached hydrogens (tertiary/aromatic N) is 4. The van der Waals surface area contributed by atoms with Crippen LogP contribution in [0.25, 0.3) is 0 Å². The van der Waals surface area contributed by atoms with Crippen LogP contribution in [0.2, 0.25) is 0 Å². The molecule has 1 aliphatic rings. The standard InChI is InChI=1S/C20H28N6O2/c1-3-21-20(26-11-8-16(14-26)17-12-24-25(2)13-17)23-10-9-22-19(28)15-4-6-18(27)7-5-15/h4-7,12-13,16,27H,3,8-11,14H2,1-2H3,(H,21,23)(H,22,28). The fourth-order valence-electron chi connectivity index (χ4n) is 3.35. The third-order valence-corrected chi connectivity index (χ3v) is 4.81. The summed E-state index contributed by atoms with van der Waals surface area (Å²) in [5.41, 5.74) is 1.79. The van der Waals surface area contributed by atoms with E-state index in [-0.39, 0.29) is 11.7 Å². The summed E-state index contributed by atoms with van der Waals surface area (Å²) >= 11 is 0. The third-order valence-electron chi connectivity index (χ3n) is 4.81. The Bertz CT molecular complexity index is 814. The van der Waals surface area contributed by atoms with E-state index < -0.39 is 0 Å². The van der Waals surface area contributed by atoms with Crippen LogP contribution in [-0.4, -0.2) is 64.4 Å². The highest BCUT2D eigenvalue weighted by molar-refractivity contribution is 5.94. The molecule has 2 heterocycles. The summed E-state index contributed by atoms with van der Waals surface area (Å²) in [6, 6.07) is 6.20. The Kier molecular flexibility index (Phi) is 6.52. The maximum absolute atomic E-state index is 12.1. The number of phenolic OH excluding ortho intramolecular Hbond substituents is 1. The topological polar surface area (TPSA) is 94.8 Å². The Morgan fingerprint density at radius 1 is 1.32 bits per heavy atom. The van der Waals surface area contributed by atoms with E-state index >= 15 is 0 Å². The van der Waals surface area contributed by atoms with Crippen molar-refractivity contribution in [1.82, 2.24) is 25.3 Å². The number of nitrogens with one attached hydrogen (secondary N) is 2. The van der Waals surface area contributed by atoms with Crippen LogP contribution in [0, 0.1) is 0 Å². The number of phenols is 1. The highest BCUT2D eigenvalue weighted by Gasteiger charge is 2.26. The molecule has 3 rings (SSSR count). The largest absolute Gasteiger partial charge is 0.508 e. The van der Waals surface area contributed by atoms with Gasteiger partial charge in [-0.1, -0.05) is 0 Å². The number of aliphatic imine (C=N–C) groups is 1. The van der Waals surface area contributed by atoms with Gasteiger partial charge in [-0.15, -0.1) is 0 Å². The number of hydrogen-bond acceptors (Lipinski definition) is 4. The number of aryl methyl sites for hydroxylation is 1. The Morgan fingerprint density at radius 2 is 2.11 bits per heavy atom. The number of carbonyl (C=O) groups is 1. The van der Waals surface area contributed by atoms with Gasteiger partial charge in [-0.05, 0) is 43.2 Å². The van der Waals surface area contributed by atoms with Gasteiger partial charge in [-0.3, -0.25) is 14.5 Å². The summed E-state index contributed by atoms with van der Waals surface area (Å²) in [6.45, 7) is 5.67. The summed E-state index contributed by atoms with van der Waals surface area (Å²) < 4.78 is 1.84. The lowest BCUT2D eigenvalue weighted by molar-refractivity contribution is 0.0955. The normalized spacial score (nSPS) is 17.0. The van der Waals surface area contributed by atoms with Crippen LogP contribution in [0.4, 0.5) is 0 Å². The molecule has 0 aliphatic carbocycles. The fourth-order valence-corrected chi connectivity index (χ4v) is 3.35. The zero-order chi connectivity index (χ0) is 19.9. The van der Waals surface area contributed by atoms with Crippen LogP contribution in [-0.2, 0) is 7.05 Å². The maximum Gasteiger partial charge on any atom is 0.251 e. The Hall–Kier alpha value is -3.03. The first-order valence-electron chi connectivity index (χ1n) is 9.66. The molecule has 0 spiro atoms. The van der Waals surface area contributed by atoms with Gasteiger partial charge in [-0.2, -0.15) is 5.10 Å². The number of hydrogen-bond donors (Lipinski definition) is 3. The summed E-state index contributed by atoms with van der Waals surface area (Å²) in [5, 5.41) is 19.8. The van der Waals surface area contributed by atoms with E-state index in [9.17, 15) is 9.90 Å². The number of amides is 1. The SMILES string of the molecule is CCNC(=NCCNC(=O)c1ccc(O)cc1)N1CCC(c2cnn(C)c2)C1. The van der Waals surface area contributed by atoms with E-state index in [1.165, 1.54) is 17.7 Å². The lowest BCUT2D eigenvalue weighted by Crippen LogP contribution is -2.40. The number of benzene rings is 1. The lowest BCUT2D eigenvalue weighted by atomic mass is 10.0. The average Bonchev–Trinajstić information content (AvgIpc) is 3.33. The summed E-state index contributed by atoms with van der Waals surface area (Å²) in [5.74, 6) is 1.32. The first-order valence-corrected chi connectivity index (χ1v) is 9.66. The molecule has 1 aromatic heterocycles. The van der Waals surface area contributed by atoms with E-state index in [0.717, 1.165) is 32.0 Å². The predicted molar refractivity (Wildman–Crippen MR) is 109 cm³/mol. The monoisotopic (exact) mass is 384 g/mol. The smallest absolute Gasteiger partial charge is 0.251 e. The van der Waals surface area contributed by atoms with Gasteiger partial charge in [0.2, 0.25) is 0 Å². The van der Waals surface area contributed by atoms with E-state index in [1.54, 1.807) is 12.1 Å². The van der Waals surface area contributed by atoms with E-state index in [0.29, 0.717) is 24.6 Å². The number of likely N-dealkylation sites (tertiary alicyclic amines) is 1. The average molecular weight is 384 g/mol. The molecule has 28 heavy (non-hydrogen) atoms. The van der Waals surface area contributed by atoms with Crippen molar-refractivity contribution in [2.45, 2.75) is 19.3 Å². The van der Waals surface area contributed by atoms with Crippen LogP contribution in [0.1, 0.15) is 35.2 Å². The molecule has 150 valence electrons. The quantitative estimate of drug-likeness (QED) is 0.397. The molecule has 0 bridgehead atoms. The van der Waals surface area contributed by atoms with Gasteiger partial charge in [0.05, 0.1) is 12.7 Å². The van der Waals surface area contributed by atoms with Gasteiger partial charge in [0.25, 0.3) is 5.91 Å². The van der Waals surface area contributed by atoms with Crippen molar-refractivity contribution in [2.24, 2.45) is 12.0 Å². The zero-order valence-corrected chi connectivity index (χ0v) is 16.4. The predicted octanol–water partition coefficient (Wildman–Crippen LogP) is 1.31. The van der Waals surface area contributed by atoms with Crippen molar-refractivity contribution in [3.05, 3.63) is 47.8 Å². The highest BCUT2D eigenvalue weighted by Crippen LogP contribution is 2.26. The fraction of sp³-hybridized carbons (Fsp3) is 0.450. The molecular weight excluding hydrogens is 356 g/mol. The third kappa shape index (κ3) is 5.03. The first kappa shape index (κ1) is 19.7. The van der Waals surface area contributed by atoms with Crippen LogP contribution < -0.4 is 10.6 Å². The van der Waals surface area contributed by atoms with Gasteiger partial charge < -0.3 is 20.6 Å². The zero-order valence-electron chi connectivity index (χ0n) is 16.4. The van der Waals surface area contributed by atoms with Gasteiger partial charge in [0, 0.05) is 50.9 Å². The summed E-state index contributed by atoms with van der Waals surface area (Å²) in [7, 11) is 1.94. The number of rotatable bonds is 6. The van der Waals surface area contributed by atoms with E-state index in [4.69, 9.17) is 0 Å². The molecule has 1 fully saturated rings. The van der Waals surface area contributed by atoms with Crippen molar-refractivity contribution in [3.8, 4) is 5.75 Å². The van der Waals surface area contributed by atoms with Crippen LogP contribution >= 0.6 is 0 Å². The van der Waals surface area contributed by atoms with Crippen LogP contribution in [0.15, 0.2) is 41.7 Å². The molecular formula is C20H28N6O2. The number of aromatic nitrogens is 2. The van der Waals surface area contributed by atoms with Gasteiger partial charge >= 0.3 is 0 Å². The molecule has 1 amide bonds. The van der Waals surface area contributed by atoms with Crippen LogP contribution in [0.5, 0.6) is 5.75 Å². The molecule has 8 heteroatoms. The first-order chi connectivity index (χ1) is 13.6. The molecule has 1 atom stereocenters. The molecule has 0 saturated carbocycles. The lowest BCUT2D eigenvalue weighted by Gasteiger charge is -2.21. The van der Waals surface area contributed by atoms with Gasteiger partial charge in [-0.25, -0.2) is 0 Å². The minimum Gasteiger partial charge on any atom is -0.508 e. The van der Waals surface area contributed by atoms with Gasteiger partial charge in [0.15, 0.2) is 5.96 Å². The Morgan fingerprint density at radius 3 is 2.79 bits per heavy atom. The molecule has 2 aromatic rings. The molecule has 1 aliphatic heterocycles. The Labute approximate surface area is 165 Å². The van der Waals surface area contributed by atoms with E-state index in [1.807, 2.05) is 17.9 Å². The molecule has 0 radical (unpaired) electrons. The molecule has 3 N–H and O–H groups in total. The minimum absolute atomic E-state index is 0.145. The Balaban J connectivity index is 1.51. The number of carbonyl (C=O) groups excluding carboxylic acids is 1.